The number of nitrogens with zero attached hydrogens (tertiary/aromatic N) is 2. The van der Waals surface area contributed by atoms with Crippen molar-refractivity contribution in [2.24, 2.45) is 5.73 Å². The molecule has 1 aromatic heterocycles. The Labute approximate surface area is 122 Å². The maximum atomic E-state index is 13.8. The zero-order valence-electron chi connectivity index (χ0n) is 10.6. The van der Waals surface area contributed by atoms with Gasteiger partial charge in [0.1, 0.15) is 5.82 Å². The fraction of sp³-hybridized carbons (Fsp3) is 0.231. The van der Waals surface area contributed by atoms with Crippen LogP contribution in [0.15, 0.2) is 44.5 Å². The lowest BCUT2D eigenvalue weighted by atomic mass is 10.2. The zero-order chi connectivity index (χ0) is 14.7. The van der Waals surface area contributed by atoms with E-state index in [-0.39, 0.29) is 19.6 Å². The summed E-state index contributed by atoms with van der Waals surface area (Å²) in [5.74, 6) is -0.414. The van der Waals surface area contributed by atoms with E-state index in [0.29, 0.717) is 10.0 Å². The minimum atomic E-state index is -0.495. The summed E-state index contributed by atoms with van der Waals surface area (Å²) < 4.78 is 16.7. The SMILES string of the molecule is NCCn1c(=O)ccn(Cc2ccc(Br)cc2F)c1=O. The lowest BCUT2D eigenvalue weighted by Crippen LogP contribution is -2.40. The Morgan fingerprint density at radius 1 is 1.25 bits per heavy atom. The maximum Gasteiger partial charge on any atom is 0.331 e. The van der Waals surface area contributed by atoms with Crippen molar-refractivity contribution in [3.05, 3.63) is 67.2 Å². The molecule has 0 saturated carbocycles. The molecule has 0 unspecified atom stereocenters. The molecule has 0 aliphatic carbocycles. The van der Waals surface area contributed by atoms with Gasteiger partial charge in [0.05, 0.1) is 6.54 Å². The predicted molar refractivity (Wildman–Crippen MR) is 77.2 cm³/mol. The summed E-state index contributed by atoms with van der Waals surface area (Å²) in [6.07, 6.45) is 1.36. The van der Waals surface area contributed by atoms with E-state index in [4.69, 9.17) is 5.73 Å². The third-order valence-corrected chi connectivity index (χ3v) is 3.34. The summed E-state index contributed by atoms with van der Waals surface area (Å²) >= 11 is 3.17. The minimum absolute atomic E-state index is 0.0583. The van der Waals surface area contributed by atoms with Gasteiger partial charge >= 0.3 is 5.69 Å². The summed E-state index contributed by atoms with van der Waals surface area (Å²) in [4.78, 5) is 23.7. The highest BCUT2D eigenvalue weighted by atomic mass is 79.9. The number of aromatic nitrogens is 2. The molecular formula is C13H13BrFN3O2. The van der Waals surface area contributed by atoms with Gasteiger partial charge in [0.15, 0.2) is 0 Å². The van der Waals surface area contributed by atoms with Crippen molar-refractivity contribution < 1.29 is 4.39 Å². The first kappa shape index (κ1) is 14.7. The Bertz CT molecular complexity index is 739. The normalized spacial score (nSPS) is 10.8. The van der Waals surface area contributed by atoms with Crippen molar-refractivity contribution in [1.82, 2.24) is 9.13 Å². The Hall–Kier alpha value is -1.73. The van der Waals surface area contributed by atoms with E-state index in [0.717, 1.165) is 4.57 Å². The molecule has 1 aromatic carbocycles. The van der Waals surface area contributed by atoms with Gasteiger partial charge in [0, 0.05) is 35.4 Å². The number of benzene rings is 1. The van der Waals surface area contributed by atoms with Crippen molar-refractivity contribution in [1.29, 1.82) is 0 Å². The van der Waals surface area contributed by atoms with E-state index in [1.54, 1.807) is 12.1 Å². The topological polar surface area (TPSA) is 70.0 Å². The van der Waals surface area contributed by atoms with Crippen LogP contribution in [0.1, 0.15) is 5.56 Å². The van der Waals surface area contributed by atoms with Crippen LogP contribution in [-0.2, 0) is 13.1 Å². The van der Waals surface area contributed by atoms with Crippen molar-refractivity contribution >= 4 is 15.9 Å². The molecule has 0 spiro atoms. The van der Waals surface area contributed by atoms with Crippen LogP contribution in [0.2, 0.25) is 0 Å². The Morgan fingerprint density at radius 3 is 2.65 bits per heavy atom. The molecule has 0 aliphatic rings. The summed E-state index contributed by atoms with van der Waals surface area (Å²) in [6.45, 7) is 0.385. The van der Waals surface area contributed by atoms with Crippen molar-refractivity contribution in [2.45, 2.75) is 13.1 Å². The van der Waals surface area contributed by atoms with Crippen LogP contribution < -0.4 is 17.0 Å². The van der Waals surface area contributed by atoms with Crippen LogP contribution in [0.4, 0.5) is 4.39 Å². The first-order valence-corrected chi connectivity index (χ1v) is 6.76. The fourth-order valence-corrected chi connectivity index (χ4v) is 2.18. The molecule has 2 aromatic rings. The Morgan fingerprint density at radius 2 is 2.00 bits per heavy atom. The molecule has 0 fully saturated rings. The van der Waals surface area contributed by atoms with Gasteiger partial charge in [-0.15, -0.1) is 0 Å². The standard InChI is InChI=1S/C13H13BrFN3O2/c14-10-2-1-9(11(15)7-10)8-17-5-3-12(19)18(6-4-16)13(17)20/h1-3,5,7H,4,6,8,16H2. The summed E-state index contributed by atoms with van der Waals surface area (Å²) in [7, 11) is 0. The van der Waals surface area contributed by atoms with E-state index in [1.165, 1.54) is 22.9 Å². The molecule has 0 amide bonds. The quantitative estimate of drug-likeness (QED) is 0.898. The molecule has 0 radical (unpaired) electrons. The highest BCUT2D eigenvalue weighted by Gasteiger charge is 2.08. The zero-order valence-corrected chi connectivity index (χ0v) is 12.1. The first-order valence-electron chi connectivity index (χ1n) is 5.97. The minimum Gasteiger partial charge on any atom is -0.329 e. The van der Waals surface area contributed by atoms with Crippen LogP contribution in [0, 0.1) is 5.82 Å². The summed E-state index contributed by atoms with van der Waals surface area (Å²) in [5.41, 5.74) is 4.83. The smallest absolute Gasteiger partial charge is 0.329 e. The lowest BCUT2D eigenvalue weighted by molar-refractivity contribution is 0.558. The van der Waals surface area contributed by atoms with Gasteiger partial charge in [-0.2, -0.15) is 0 Å². The second-order valence-electron chi connectivity index (χ2n) is 4.24. The van der Waals surface area contributed by atoms with Crippen LogP contribution in [0.25, 0.3) is 0 Å². The lowest BCUT2D eigenvalue weighted by Gasteiger charge is -2.10. The van der Waals surface area contributed by atoms with E-state index < -0.39 is 17.1 Å². The number of nitrogens with two attached hydrogens (primary N) is 1. The van der Waals surface area contributed by atoms with Crippen LogP contribution in [0.5, 0.6) is 0 Å². The van der Waals surface area contributed by atoms with E-state index in [9.17, 15) is 14.0 Å². The highest BCUT2D eigenvalue weighted by Crippen LogP contribution is 2.15. The Balaban J connectivity index is 2.42. The molecule has 0 bridgehead atoms. The second kappa shape index (κ2) is 6.15. The number of hydrogen-bond donors (Lipinski definition) is 1. The van der Waals surface area contributed by atoms with Crippen molar-refractivity contribution in [3.63, 3.8) is 0 Å². The molecule has 106 valence electrons. The fourth-order valence-electron chi connectivity index (χ4n) is 1.85. The molecule has 0 atom stereocenters. The van der Waals surface area contributed by atoms with Gasteiger partial charge in [-0.1, -0.05) is 22.0 Å². The van der Waals surface area contributed by atoms with Crippen LogP contribution >= 0.6 is 15.9 Å². The third kappa shape index (κ3) is 3.05. The van der Waals surface area contributed by atoms with Gasteiger partial charge in [0.2, 0.25) is 0 Å². The molecule has 2 N–H and O–H groups in total. The number of halogens is 2. The van der Waals surface area contributed by atoms with Crippen molar-refractivity contribution in [2.75, 3.05) is 6.54 Å². The number of rotatable bonds is 4. The summed E-state index contributed by atoms with van der Waals surface area (Å²) in [6, 6.07) is 5.88. The highest BCUT2D eigenvalue weighted by molar-refractivity contribution is 9.10. The monoisotopic (exact) mass is 341 g/mol. The molecule has 7 heteroatoms. The molecule has 0 aliphatic heterocycles. The molecular weight excluding hydrogens is 329 g/mol. The number of hydrogen-bond acceptors (Lipinski definition) is 3. The average molecular weight is 342 g/mol. The van der Waals surface area contributed by atoms with Crippen LogP contribution in [-0.4, -0.2) is 15.7 Å². The van der Waals surface area contributed by atoms with E-state index in [2.05, 4.69) is 15.9 Å². The van der Waals surface area contributed by atoms with Gasteiger partial charge in [-0.25, -0.2) is 9.18 Å². The molecule has 20 heavy (non-hydrogen) atoms. The molecule has 5 nitrogen and oxygen atoms in total. The average Bonchev–Trinajstić information content (AvgIpc) is 2.40. The van der Waals surface area contributed by atoms with E-state index in [1.807, 2.05) is 0 Å². The third-order valence-electron chi connectivity index (χ3n) is 2.85. The summed E-state index contributed by atoms with van der Waals surface area (Å²) in [5, 5.41) is 0. The molecule has 2 rings (SSSR count). The molecule has 0 saturated heterocycles. The maximum absolute atomic E-state index is 13.8. The Kier molecular flexibility index (Phi) is 4.51. The van der Waals surface area contributed by atoms with Gasteiger partial charge in [-0.05, 0) is 12.1 Å². The molecule has 1 heterocycles. The van der Waals surface area contributed by atoms with E-state index >= 15 is 0 Å². The first-order chi connectivity index (χ1) is 9.52. The van der Waals surface area contributed by atoms with Gasteiger partial charge in [0.25, 0.3) is 5.56 Å². The predicted octanol–water partition coefficient (Wildman–Crippen LogP) is 0.919. The largest absolute Gasteiger partial charge is 0.331 e. The van der Waals surface area contributed by atoms with Crippen molar-refractivity contribution in [3.8, 4) is 0 Å². The second-order valence-corrected chi connectivity index (χ2v) is 5.16. The van der Waals surface area contributed by atoms with Crippen LogP contribution in [0.3, 0.4) is 0 Å². The van der Waals surface area contributed by atoms with Gasteiger partial charge < -0.3 is 5.73 Å². The van der Waals surface area contributed by atoms with Gasteiger partial charge in [-0.3, -0.25) is 13.9 Å².